The Morgan fingerprint density at radius 3 is 3.00 bits per heavy atom. The van der Waals surface area contributed by atoms with Crippen molar-refractivity contribution in [2.75, 3.05) is 25.4 Å². The summed E-state index contributed by atoms with van der Waals surface area (Å²) < 4.78 is 14.0. The zero-order valence-electron chi connectivity index (χ0n) is 11.1. The van der Waals surface area contributed by atoms with Crippen molar-refractivity contribution in [1.82, 2.24) is 4.90 Å². The van der Waals surface area contributed by atoms with Crippen LogP contribution in [0, 0.1) is 5.82 Å². The number of thioether (sulfide) groups is 1. The number of nitrogens with zero attached hydrogens (tertiary/aromatic N) is 1. The van der Waals surface area contributed by atoms with Crippen molar-refractivity contribution in [3.63, 3.8) is 0 Å². The Balaban J connectivity index is 2.19. The van der Waals surface area contributed by atoms with Crippen molar-refractivity contribution in [2.45, 2.75) is 24.6 Å². The molecule has 5 heteroatoms. The zero-order chi connectivity index (χ0) is 13.8. The Hall–Kier alpha value is -0.100. The number of halogens is 2. The molecule has 19 heavy (non-hydrogen) atoms. The van der Waals surface area contributed by atoms with Gasteiger partial charge < -0.3 is 5.73 Å². The van der Waals surface area contributed by atoms with Gasteiger partial charge in [0.1, 0.15) is 5.82 Å². The smallest absolute Gasteiger partial charge is 0.124 e. The summed E-state index contributed by atoms with van der Waals surface area (Å²) in [6.07, 6.45) is 1.18. The topological polar surface area (TPSA) is 29.3 Å². The van der Waals surface area contributed by atoms with E-state index in [0.717, 1.165) is 28.9 Å². The van der Waals surface area contributed by atoms with Gasteiger partial charge in [-0.25, -0.2) is 4.39 Å². The first-order chi connectivity index (χ1) is 9.15. The van der Waals surface area contributed by atoms with Gasteiger partial charge in [-0.1, -0.05) is 28.9 Å². The molecule has 1 saturated heterocycles. The molecule has 0 radical (unpaired) electrons. The molecule has 2 rings (SSSR count). The van der Waals surface area contributed by atoms with E-state index in [1.165, 1.54) is 18.6 Å². The Bertz CT molecular complexity index is 430. The summed E-state index contributed by atoms with van der Waals surface area (Å²) in [5, 5.41) is 0.682. The van der Waals surface area contributed by atoms with Gasteiger partial charge >= 0.3 is 0 Å². The first-order valence-electron chi connectivity index (χ1n) is 6.66. The molecule has 1 heterocycles. The maximum atomic E-state index is 13.2. The van der Waals surface area contributed by atoms with E-state index >= 15 is 0 Å². The lowest BCUT2D eigenvalue weighted by molar-refractivity contribution is 0.207. The molecule has 1 aliphatic heterocycles. The molecule has 2 N–H and O–H groups in total. The number of hydrogen-bond donors (Lipinski definition) is 1. The highest BCUT2D eigenvalue weighted by Gasteiger charge is 2.26. The number of hydrogen-bond acceptors (Lipinski definition) is 3. The van der Waals surface area contributed by atoms with Gasteiger partial charge in [0.05, 0.1) is 0 Å². The molecule has 1 fully saturated rings. The molecule has 0 amide bonds. The summed E-state index contributed by atoms with van der Waals surface area (Å²) in [6, 6.07) is 5.05. The van der Waals surface area contributed by atoms with E-state index in [0.29, 0.717) is 11.8 Å². The van der Waals surface area contributed by atoms with Crippen LogP contribution in [0.25, 0.3) is 0 Å². The fourth-order valence-corrected chi connectivity index (χ4v) is 4.34. The van der Waals surface area contributed by atoms with E-state index in [4.69, 9.17) is 5.73 Å². The lowest BCUT2D eigenvalue weighted by Crippen LogP contribution is -2.42. The molecule has 2 atom stereocenters. The van der Waals surface area contributed by atoms with Crippen LogP contribution in [0.2, 0.25) is 0 Å². The molecule has 1 aliphatic rings. The highest BCUT2D eigenvalue weighted by Crippen LogP contribution is 2.32. The SMILES string of the molecule is CCC1CN(C(CN)c2ccc(F)cc2Br)CCS1. The van der Waals surface area contributed by atoms with Gasteiger partial charge in [-0.3, -0.25) is 4.90 Å². The van der Waals surface area contributed by atoms with E-state index in [9.17, 15) is 4.39 Å². The number of rotatable bonds is 4. The van der Waals surface area contributed by atoms with Crippen molar-refractivity contribution < 1.29 is 4.39 Å². The molecule has 2 unspecified atom stereocenters. The molecular formula is C14H20BrFN2S. The van der Waals surface area contributed by atoms with E-state index in [2.05, 4.69) is 27.8 Å². The fraction of sp³-hybridized carbons (Fsp3) is 0.571. The van der Waals surface area contributed by atoms with Gasteiger partial charge in [0, 0.05) is 41.2 Å². The van der Waals surface area contributed by atoms with Gasteiger partial charge in [-0.2, -0.15) is 11.8 Å². The van der Waals surface area contributed by atoms with Gasteiger partial charge in [-0.05, 0) is 24.1 Å². The Kier molecular flexibility index (Phi) is 5.69. The monoisotopic (exact) mass is 346 g/mol. The average Bonchev–Trinajstić information content (AvgIpc) is 2.42. The normalized spacial score (nSPS) is 22.4. The second-order valence-electron chi connectivity index (χ2n) is 4.81. The molecule has 0 aliphatic carbocycles. The third-order valence-electron chi connectivity index (χ3n) is 3.61. The molecule has 106 valence electrons. The average molecular weight is 347 g/mol. The predicted octanol–water partition coefficient (Wildman–Crippen LogP) is 3.42. The second kappa shape index (κ2) is 7.07. The van der Waals surface area contributed by atoms with Gasteiger partial charge in [0.15, 0.2) is 0 Å². The molecule has 0 spiro atoms. The predicted molar refractivity (Wildman–Crippen MR) is 84.0 cm³/mol. The molecule has 2 nitrogen and oxygen atoms in total. The summed E-state index contributed by atoms with van der Waals surface area (Å²) in [7, 11) is 0. The third-order valence-corrected chi connectivity index (χ3v) is 5.67. The van der Waals surface area contributed by atoms with Crippen molar-refractivity contribution in [2.24, 2.45) is 5.73 Å². The molecule has 1 aromatic rings. The number of nitrogens with two attached hydrogens (primary N) is 1. The summed E-state index contributed by atoms with van der Waals surface area (Å²) >= 11 is 5.50. The van der Waals surface area contributed by atoms with Gasteiger partial charge in [0.2, 0.25) is 0 Å². The van der Waals surface area contributed by atoms with E-state index in [1.54, 1.807) is 0 Å². The van der Waals surface area contributed by atoms with Gasteiger partial charge in [0.25, 0.3) is 0 Å². The minimum absolute atomic E-state index is 0.171. The van der Waals surface area contributed by atoms with Crippen LogP contribution in [0.4, 0.5) is 4.39 Å². The van der Waals surface area contributed by atoms with Crippen LogP contribution in [-0.4, -0.2) is 35.5 Å². The van der Waals surface area contributed by atoms with Crippen LogP contribution >= 0.6 is 27.7 Å². The van der Waals surface area contributed by atoms with Gasteiger partial charge in [-0.15, -0.1) is 0 Å². The Morgan fingerprint density at radius 2 is 2.37 bits per heavy atom. The first-order valence-corrected chi connectivity index (χ1v) is 8.50. The molecule has 0 aromatic heterocycles. The van der Waals surface area contributed by atoms with Crippen LogP contribution in [0.5, 0.6) is 0 Å². The van der Waals surface area contributed by atoms with Crippen LogP contribution in [0.15, 0.2) is 22.7 Å². The van der Waals surface area contributed by atoms with Crippen LogP contribution in [0.3, 0.4) is 0 Å². The minimum Gasteiger partial charge on any atom is -0.329 e. The van der Waals surface area contributed by atoms with Crippen LogP contribution in [0.1, 0.15) is 24.9 Å². The van der Waals surface area contributed by atoms with Crippen LogP contribution < -0.4 is 5.73 Å². The first kappa shape index (κ1) is 15.3. The maximum Gasteiger partial charge on any atom is 0.124 e. The zero-order valence-corrected chi connectivity index (χ0v) is 13.5. The minimum atomic E-state index is -0.216. The Morgan fingerprint density at radius 1 is 1.58 bits per heavy atom. The summed E-state index contributed by atoms with van der Waals surface area (Å²) in [6.45, 7) is 4.90. The highest BCUT2D eigenvalue weighted by molar-refractivity contribution is 9.10. The van der Waals surface area contributed by atoms with Crippen molar-refractivity contribution in [1.29, 1.82) is 0 Å². The van der Waals surface area contributed by atoms with Crippen LogP contribution in [-0.2, 0) is 0 Å². The summed E-state index contributed by atoms with van der Waals surface area (Å²) in [4.78, 5) is 2.43. The van der Waals surface area contributed by atoms with Crippen molar-refractivity contribution >= 4 is 27.7 Å². The highest BCUT2D eigenvalue weighted by atomic mass is 79.9. The van der Waals surface area contributed by atoms with E-state index < -0.39 is 0 Å². The fourth-order valence-electron chi connectivity index (χ4n) is 2.52. The lowest BCUT2D eigenvalue weighted by atomic mass is 10.0. The lowest BCUT2D eigenvalue weighted by Gasteiger charge is -2.38. The Labute approximate surface area is 127 Å². The molecule has 0 bridgehead atoms. The quantitative estimate of drug-likeness (QED) is 0.905. The molecule has 0 saturated carbocycles. The second-order valence-corrected chi connectivity index (χ2v) is 7.08. The third kappa shape index (κ3) is 3.72. The standard InChI is InChI=1S/C14H20BrFN2S/c1-2-11-9-18(5-6-19-11)14(8-17)12-4-3-10(16)7-13(12)15/h3-4,7,11,14H,2,5-6,8-9,17H2,1H3. The maximum absolute atomic E-state index is 13.2. The molecular weight excluding hydrogens is 327 g/mol. The summed E-state index contributed by atoms with van der Waals surface area (Å²) in [5.41, 5.74) is 7.05. The largest absolute Gasteiger partial charge is 0.329 e. The van der Waals surface area contributed by atoms with Crippen molar-refractivity contribution in [3.05, 3.63) is 34.1 Å². The summed E-state index contributed by atoms with van der Waals surface area (Å²) in [5.74, 6) is 0.931. The number of benzene rings is 1. The van der Waals surface area contributed by atoms with E-state index in [1.807, 2.05) is 17.8 Å². The van der Waals surface area contributed by atoms with Crippen molar-refractivity contribution in [3.8, 4) is 0 Å². The van der Waals surface area contributed by atoms with E-state index in [-0.39, 0.29) is 11.9 Å². The molecule has 1 aromatic carbocycles.